The Balaban J connectivity index is 3.38. The van der Waals surface area contributed by atoms with Crippen molar-refractivity contribution in [2.24, 2.45) is 5.92 Å². The van der Waals surface area contributed by atoms with E-state index in [9.17, 15) is 19.5 Å². The summed E-state index contributed by atoms with van der Waals surface area (Å²) >= 11 is 13.4. The SMILES string of the molecule is [2H]N(C(=O)CCSC)N(C(=O)c1cc(Cl)ccc1Cl)[C@@H](CC(C)C)C(=O)O. The topological polar surface area (TPSA) is 86.7 Å². The molecule has 0 aromatic heterocycles. The lowest BCUT2D eigenvalue weighted by atomic mass is 10.0. The number of benzene rings is 1. The van der Waals surface area contributed by atoms with Crippen molar-refractivity contribution in [1.82, 2.24) is 10.4 Å². The normalized spacial score (nSPS) is 12.5. The van der Waals surface area contributed by atoms with Crippen molar-refractivity contribution in [3.05, 3.63) is 33.8 Å². The van der Waals surface area contributed by atoms with Gasteiger partial charge in [-0.2, -0.15) is 11.8 Å². The molecule has 0 saturated heterocycles. The van der Waals surface area contributed by atoms with Crippen LogP contribution in [0.4, 0.5) is 0 Å². The lowest BCUT2D eigenvalue weighted by molar-refractivity contribution is -0.145. The Morgan fingerprint density at radius 3 is 2.54 bits per heavy atom. The van der Waals surface area contributed by atoms with Crippen molar-refractivity contribution >= 4 is 52.7 Å². The van der Waals surface area contributed by atoms with Crippen molar-refractivity contribution in [3.8, 4) is 0 Å². The maximum absolute atomic E-state index is 13.1. The first-order chi connectivity index (χ1) is 12.6. The van der Waals surface area contributed by atoms with E-state index < -0.39 is 23.8 Å². The van der Waals surface area contributed by atoms with Crippen molar-refractivity contribution < 1.29 is 20.9 Å². The Bertz CT molecular complexity index is 706. The predicted molar refractivity (Wildman–Crippen MR) is 105 cm³/mol. The zero-order chi connectivity index (χ0) is 20.7. The highest BCUT2D eigenvalue weighted by molar-refractivity contribution is 7.98. The van der Waals surface area contributed by atoms with E-state index in [1.807, 2.05) is 0 Å². The standard InChI is InChI=1S/C17H22Cl2N2O4S/c1-10(2)8-14(17(24)25)21(20-15(22)6-7-26-3)16(23)12-9-11(18)4-5-13(12)19/h4-5,9-10,14H,6-8H2,1-3H3,(H,20,22)(H,24,25)/t14-/m0/s1/i/hD. The number of amides is 2. The van der Waals surface area contributed by atoms with E-state index in [4.69, 9.17) is 24.6 Å². The van der Waals surface area contributed by atoms with Crippen LogP contribution < -0.4 is 5.42 Å². The van der Waals surface area contributed by atoms with Gasteiger partial charge in [-0.3, -0.25) is 15.0 Å². The predicted octanol–water partition coefficient (Wildman–Crippen LogP) is 3.72. The Hall–Kier alpha value is -1.44. The van der Waals surface area contributed by atoms with E-state index in [2.05, 4.69) is 0 Å². The molecule has 1 atom stereocenters. The van der Waals surface area contributed by atoms with Gasteiger partial charge in [0.15, 0.2) is 7.45 Å². The minimum atomic E-state index is -1.40. The van der Waals surface area contributed by atoms with E-state index >= 15 is 0 Å². The number of nitrogens with one attached hydrogen (secondary N) is 1. The molecule has 0 aliphatic heterocycles. The van der Waals surface area contributed by atoms with Gasteiger partial charge in [0, 0.05) is 17.2 Å². The minimum Gasteiger partial charge on any atom is -0.480 e. The average Bonchev–Trinajstić information content (AvgIpc) is 2.60. The molecule has 0 heterocycles. The van der Waals surface area contributed by atoms with E-state index in [1.54, 1.807) is 20.1 Å². The minimum absolute atomic E-state index is 0.00819. The first-order valence-electron chi connectivity index (χ1n) is 8.36. The first kappa shape index (κ1) is 20.9. The van der Waals surface area contributed by atoms with Crippen LogP contribution in [-0.4, -0.2) is 45.9 Å². The highest BCUT2D eigenvalue weighted by Crippen LogP contribution is 2.23. The summed E-state index contributed by atoms with van der Waals surface area (Å²) in [6, 6.07) is 2.77. The molecule has 0 fully saturated rings. The average molecular weight is 422 g/mol. The van der Waals surface area contributed by atoms with Gasteiger partial charge in [-0.15, -0.1) is 0 Å². The second kappa shape index (κ2) is 10.6. The number of aliphatic carboxylic acids is 1. The molecule has 0 unspecified atom stereocenters. The molecule has 1 rings (SSSR count). The monoisotopic (exact) mass is 421 g/mol. The Labute approximate surface area is 168 Å². The Morgan fingerprint density at radius 2 is 2.00 bits per heavy atom. The van der Waals surface area contributed by atoms with Gasteiger partial charge in [0.1, 0.15) is 0 Å². The maximum Gasteiger partial charge on any atom is 0.328 e. The van der Waals surface area contributed by atoms with Crippen molar-refractivity contribution in [2.45, 2.75) is 32.7 Å². The van der Waals surface area contributed by atoms with Crippen LogP contribution in [-0.2, 0) is 9.59 Å². The number of carboxylic acid groups (broad SMARTS) is 1. The molecule has 2 N–H and O–H groups in total. The summed E-state index contributed by atoms with van der Waals surface area (Å²) in [5.41, 5.74) is 0.255. The zero-order valence-electron chi connectivity index (χ0n) is 15.7. The third-order valence-electron chi connectivity index (χ3n) is 3.38. The lowest BCUT2D eigenvalue weighted by Gasteiger charge is -2.30. The van der Waals surface area contributed by atoms with E-state index in [1.165, 1.54) is 30.0 Å². The number of nitrogens with zero attached hydrogens (tertiary/aromatic N) is 1. The van der Waals surface area contributed by atoms with Crippen LogP contribution in [0.5, 0.6) is 0 Å². The van der Waals surface area contributed by atoms with Gasteiger partial charge >= 0.3 is 5.97 Å². The van der Waals surface area contributed by atoms with Gasteiger partial charge in [0.25, 0.3) is 5.91 Å². The van der Waals surface area contributed by atoms with Gasteiger partial charge in [-0.05, 0) is 36.8 Å². The second-order valence-electron chi connectivity index (χ2n) is 5.99. The summed E-state index contributed by atoms with van der Waals surface area (Å²) in [6.07, 6.45) is 1.85. The van der Waals surface area contributed by atoms with E-state index in [-0.39, 0.29) is 34.4 Å². The van der Waals surface area contributed by atoms with Crippen LogP contribution in [0.1, 0.15) is 37.0 Å². The fourth-order valence-electron chi connectivity index (χ4n) is 2.15. The van der Waals surface area contributed by atoms with Gasteiger partial charge in [-0.1, -0.05) is 37.0 Å². The molecule has 6 nitrogen and oxygen atoms in total. The van der Waals surface area contributed by atoms with Crippen LogP contribution in [0.3, 0.4) is 0 Å². The van der Waals surface area contributed by atoms with Crippen LogP contribution in [0.2, 0.25) is 11.5 Å². The summed E-state index contributed by atoms with van der Waals surface area (Å²) in [5, 5.41) is 10.6. The van der Waals surface area contributed by atoms with E-state index in [0.717, 1.165) is 0 Å². The van der Waals surface area contributed by atoms with Gasteiger partial charge in [0.05, 0.1) is 10.6 Å². The lowest BCUT2D eigenvalue weighted by Crippen LogP contribution is -2.55. The smallest absolute Gasteiger partial charge is 0.328 e. The molecular weight excluding hydrogens is 399 g/mol. The molecule has 0 aliphatic rings. The van der Waals surface area contributed by atoms with Crippen molar-refractivity contribution in [1.29, 1.82) is 0 Å². The molecule has 26 heavy (non-hydrogen) atoms. The number of halogens is 2. The number of carbonyl (C=O) groups is 3. The Kier molecular flexibility index (Phi) is 8.54. The van der Waals surface area contributed by atoms with E-state index in [0.29, 0.717) is 16.2 Å². The molecule has 144 valence electrons. The number of thioether (sulfide) groups is 1. The van der Waals surface area contributed by atoms with Gasteiger partial charge in [-0.25, -0.2) is 9.80 Å². The molecule has 0 saturated carbocycles. The number of carboxylic acids is 1. The number of hydrogen-bond acceptors (Lipinski definition) is 4. The van der Waals surface area contributed by atoms with Crippen molar-refractivity contribution in [3.63, 3.8) is 0 Å². The molecule has 0 radical (unpaired) electrons. The highest BCUT2D eigenvalue weighted by atomic mass is 35.5. The van der Waals surface area contributed by atoms with Crippen LogP contribution >= 0.6 is 35.0 Å². The molecular formula is C17H22Cl2N2O4S. The summed E-state index contributed by atoms with van der Waals surface area (Å²) < 4.78 is 8.13. The summed E-state index contributed by atoms with van der Waals surface area (Å²) in [5.74, 6) is -2.53. The van der Waals surface area contributed by atoms with Gasteiger partial charge < -0.3 is 5.11 Å². The van der Waals surface area contributed by atoms with Crippen LogP contribution in [0.15, 0.2) is 18.2 Å². The summed E-state index contributed by atoms with van der Waals surface area (Å²) in [6.45, 7) is 3.57. The maximum atomic E-state index is 13.1. The molecule has 1 aromatic rings. The Morgan fingerprint density at radius 1 is 1.35 bits per heavy atom. The molecule has 0 bridgehead atoms. The molecule has 2 amide bonds. The number of carbonyl (C=O) groups excluding carboxylic acids is 2. The first-order valence-corrected chi connectivity index (χ1v) is 10.1. The third-order valence-corrected chi connectivity index (χ3v) is 4.56. The molecule has 1 aromatic carbocycles. The highest BCUT2D eigenvalue weighted by Gasteiger charge is 2.33. The number of hydrogen-bond donors (Lipinski definition) is 2. The van der Waals surface area contributed by atoms with Crippen LogP contribution in [0.25, 0.3) is 0 Å². The van der Waals surface area contributed by atoms with Crippen molar-refractivity contribution in [2.75, 3.05) is 12.0 Å². The third kappa shape index (κ3) is 6.70. The zero-order valence-corrected chi connectivity index (χ0v) is 17.1. The number of rotatable bonds is 8. The fraction of sp³-hybridized carbons (Fsp3) is 0.471. The number of hydrazine groups is 1. The fourth-order valence-corrected chi connectivity index (χ4v) is 2.90. The molecule has 0 aliphatic carbocycles. The molecule has 0 spiro atoms. The quantitative estimate of drug-likeness (QED) is 0.624. The second-order valence-corrected chi connectivity index (χ2v) is 7.82. The molecule has 9 heteroatoms. The summed E-state index contributed by atoms with van der Waals surface area (Å²) in [4.78, 5) is 37.2. The summed E-state index contributed by atoms with van der Waals surface area (Å²) in [7, 11) is 0. The largest absolute Gasteiger partial charge is 0.480 e. The van der Waals surface area contributed by atoms with Gasteiger partial charge in [0.2, 0.25) is 5.91 Å². The van der Waals surface area contributed by atoms with Crippen LogP contribution in [0, 0.1) is 5.92 Å².